The van der Waals surface area contributed by atoms with Crippen molar-refractivity contribution >= 4 is 27.7 Å². The summed E-state index contributed by atoms with van der Waals surface area (Å²) in [4.78, 5) is 22.9. The van der Waals surface area contributed by atoms with Crippen molar-refractivity contribution in [2.24, 2.45) is 0 Å². The number of benzene rings is 1. The Balaban J connectivity index is 3.08. The van der Waals surface area contributed by atoms with Crippen LogP contribution in [-0.4, -0.2) is 23.7 Å². The number of esters is 1. The second-order valence-corrected chi connectivity index (χ2v) is 3.90. The lowest BCUT2D eigenvalue weighted by Crippen LogP contribution is -2.14. The van der Waals surface area contributed by atoms with Crippen molar-refractivity contribution in [3.8, 4) is 0 Å². The third-order valence-corrected chi connectivity index (χ3v) is 2.74. The second-order valence-electron chi connectivity index (χ2n) is 3.34. The molecule has 0 aromatic heterocycles. The highest BCUT2D eigenvalue weighted by atomic mass is 79.9. The van der Waals surface area contributed by atoms with Crippen LogP contribution < -0.4 is 0 Å². The smallest absolute Gasteiger partial charge is 0.341 e. The largest absolute Gasteiger partial charge is 0.462 e. The molecule has 5 heteroatoms. The van der Waals surface area contributed by atoms with Crippen LogP contribution >= 0.6 is 15.9 Å². The molecule has 0 N–H and O–H groups in total. The first-order valence-corrected chi connectivity index (χ1v) is 6.24. The van der Waals surface area contributed by atoms with E-state index < -0.39 is 11.8 Å². The fraction of sp³-hybridized carbons (Fsp3) is 0.333. The first kappa shape index (κ1) is 13.8. The SMILES string of the molecule is CCOC(=O)c1c(F)cccc1CC(=O)CBr. The van der Waals surface area contributed by atoms with E-state index >= 15 is 0 Å². The van der Waals surface area contributed by atoms with E-state index in [1.807, 2.05) is 0 Å². The number of Topliss-reactive ketones (excluding diaryl/α,β-unsaturated/α-hetero) is 1. The van der Waals surface area contributed by atoms with Crippen LogP contribution in [0.2, 0.25) is 0 Å². The van der Waals surface area contributed by atoms with Gasteiger partial charge in [-0.2, -0.15) is 0 Å². The van der Waals surface area contributed by atoms with Gasteiger partial charge in [-0.05, 0) is 18.6 Å². The zero-order valence-electron chi connectivity index (χ0n) is 9.33. The minimum absolute atomic E-state index is 0.0111. The van der Waals surface area contributed by atoms with Crippen LogP contribution in [0, 0.1) is 5.82 Å². The predicted molar refractivity (Wildman–Crippen MR) is 64.9 cm³/mol. The fourth-order valence-corrected chi connectivity index (χ4v) is 1.61. The van der Waals surface area contributed by atoms with Crippen molar-refractivity contribution in [1.29, 1.82) is 0 Å². The maximum Gasteiger partial charge on any atom is 0.341 e. The topological polar surface area (TPSA) is 43.4 Å². The number of alkyl halides is 1. The van der Waals surface area contributed by atoms with Crippen molar-refractivity contribution in [3.05, 3.63) is 35.1 Å². The Kier molecular flexibility index (Phi) is 5.28. The molecule has 0 spiro atoms. The van der Waals surface area contributed by atoms with Crippen LogP contribution in [0.5, 0.6) is 0 Å². The molecule has 1 aromatic carbocycles. The summed E-state index contributed by atoms with van der Waals surface area (Å²) >= 11 is 3.02. The predicted octanol–water partition coefficient (Wildman–Crippen LogP) is 2.51. The van der Waals surface area contributed by atoms with Crippen LogP contribution in [0.4, 0.5) is 4.39 Å². The molecule has 0 aliphatic heterocycles. The number of hydrogen-bond donors (Lipinski definition) is 0. The van der Waals surface area contributed by atoms with E-state index in [9.17, 15) is 14.0 Å². The van der Waals surface area contributed by atoms with Gasteiger partial charge in [0, 0.05) is 6.42 Å². The van der Waals surface area contributed by atoms with Gasteiger partial charge >= 0.3 is 5.97 Å². The molecule has 0 amide bonds. The number of halogens is 2. The van der Waals surface area contributed by atoms with E-state index in [1.54, 1.807) is 13.0 Å². The molecule has 0 fully saturated rings. The molecule has 0 saturated carbocycles. The van der Waals surface area contributed by atoms with Crippen molar-refractivity contribution in [3.63, 3.8) is 0 Å². The van der Waals surface area contributed by atoms with Crippen LogP contribution in [0.3, 0.4) is 0 Å². The van der Waals surface area contributed by atoms with Crippen molar-refractivity contribution in [1.82, 2.24) is 0 Å². The van der Waals surface area contributed by atoms with Gasteiger partial charge in [0.1, 0.15) is 11.6 Å². The van der Waals surface area contributed by atoms with Crippen molar-refractivity contribution in [2.45, 2.75) is 13.3 Å². The molecule has 1 rings (SSSR count). The molecule has 0 saturated heterocycles. The number of ether oxygens (including phenoxy) is 1. The van der Waals surface area contributed by atoms with Crippen LogP contribution in [-0.2, 0) is 16.0 Å². The average molecular weight is 303 g/mol. The van der Waals surface area contributed by atoms with Crippen molar-refractivity contribution < 1.29 is 18.7 Å². The summed E-state index contributed by atoms with van der Waals surface area (Å²) in [6.45, 7) is 1.81. The summed E-state index contributed by atoms with van der Waals surface area (Å²) in [6.07, 6.45) is 0.0111. The third kappa shape index (κ3) is 3.63. The standard InChI is InChI=1S/C12H12BrFO3/c1-2-17-12(16)11-8(6-9(15)7-13)4-3-5-10(11)14/h3-5H,2,6-7H2,1H3. The summed E-state index contributed by atoms with van der Waals surface area (Å²) < 4.78 is 18.3. The van der Waals surface area contributed by atoms with Gasteiger partial charge in [-0.25, -0.2) is 9.18 Å². The first-order chi connectivity index (χ1) is 8.10. The summed E-state index contributed by atoms with van der Waals surface area (Å²) in [7, 11) is 0. The normalized spacial score (nSPS) is 10.1. The monoisotopic (exact) mass is 302 g/mol. The van der Waals surface area contributed by atoms with Gasteiger partial charge in [-0.1, -0.05) is 28.1 Å². The van der Waals surface area contributed by atoms with Crippen LogP contribution in [0.25, 0.3) is 0 Å². The number of ketones is 1. The zero-order chi connectivity index (χ0) is 12.8. The van der Waals surface area contributed by atoms with Gasteiger partial charge in [0.25, 0.3) is 0 Å². The molecule has 0 atom stereocenters. The Bertz CT molecular complexity index is 432. The molecular weight excluding hydrogens is 291 g/mol. The van der Waals surface area contributed by atoms with E-state index in [4.69, 9.17) is 4.74 Å². The van der Waals surface area contributed by atoms with E-state index in [0.717, 1.165) is 0 Å². The number of hydrogen-bond acceptors (Lipinski definition) is 3. The zero-order valence-corrected chi connectivity index (χ0v) is 10.9. The number of carbonyl (C=O) groups is 2. The highest BCUT2D eigenvalue weighted by molar-refractivity contribution is 9.09. The van der Waals surface area contributed by atoms with E-state index in [2.05, 4.69) is 15.9 Å². The Morgan fingerprint density at radius 2 is 2.12 bits per heavy atom. The number of carbonyl (C=O) groups excluding carboxylic acids is 2. The van der Waals surface area contributed by atoms with Crippen molar-refractivity contribution in [2.75, 3.05) is 11.9 Å². The summed E-state index contributed by atoms with van der Waals surface area (Å²) in [5.74, 6) is -1.52. The Morgan fingerprint density at radius 1 is 1.41 bits per heavy atom. The Hall–Kier alpha value is -1.23. The minimum Gasteiger partial charge on any atom is -0.462 e. The minimum atomic E-state index is -0.733. The molecule has 1 aromatic rings. The Morgan fingerprint density at radius 3 is 2.71 bits per heavy atom. The molecule has 0 aliphatic carbocycles. The summed E-state index contributed by atoms with van der Waals surface area (Å²) in [5, 5.41) is 0.172. The van der Waals surface area contributed by atoms with E-state index in [-0.39, 0.29) is 29.7 Å². The summed E-state index contributed by atoms with van der Waals surface area (Å²) in [5.41, 5.74) is 0.205. The average Bonchev–Trinajstić information content (AvgIpc) is 2.29. The summed E-state index contributed by atoms with van der Waals surface area (Å²) in [6, 6.07) is 4.19. The lowest BCUT2D eigenvalue weighted by molar-refractivity contribution is -0.115. The van der Waals surface area contributed by atoms with Gasteiger partial charge < -0.3 is 4.74 Å². The quantitative estimate of drug-likeness (QED) is 0.620. The lowest BCUT2D eigenvalue weighted by Gasteiger charge is -2.08. The maximum atomic E-state index is 13.6. The molecule has 0 heterocycles. The van der Waals surface area contributed by atoms with E-state index in [1.165, 1.54) is 12.1 Å². The van der Waals surface area contributed by atoms with Gasteiger partial charge in [-0.3, -0.25) is 4.79 Å². The maximum absolute atomic E-state index is 13.6. The molecule has 0 aliphatic rings. The lowest BCUT2D eigenvalue weighted by atomic mass is 10.0. The van der Waals surface area contributed by atoms with Gasteiger partial charge in [0.05, 0.1) is 17.5 Å². The molecule has 0 bridgehead atoms. The van der Waals surface area contributed by atoms with Gasteiger partial charge in [0.15, 0.2) is 0 Å². The third-order valence-electron chi connectivity index (χ3n) is 2.12. The Labute approximate surface area is 107 Å². The molecule has 92 valence electrons. The molecular formula is C12H12BrFO3. The molecule has 0 unspecified atom stereocenters. The molecule has 17 heavy (non-hydrogen) atoms. The van der Waals surface area contributed by atoms with Crippen LogP contribution in [0.1, 0.15) is 22.8 Å². The first-order valence-electron chi connectivity index (χ1n) is 5.12. The van der Waals surface area contributed by atoms with Gasteiger partial charge in [-0.15, -0.1) is 0 Å². The second kappa shape index (κ2) is 6.49. The fourth-order valence-electron chi connectivity index (χ4n) is 1.41. The van der Waals surface area contributed by atoms with E-state index in [0.29, 0.717) is 5.56 Å². The highest BCUT2D eigenvalue weighted by Crippen LogP contribution is 2.16. The van der Waals surface area contributed by atoms with Gasteiger partial charge in [0.2, 0.25) is 0 Å². The highest BCUT2D eigenvalue weighted by Gasteiger charge is 2.18. The molecule has 3 nitrogen and oxygen atoms in total. The molecule has 0 radical (unpaired) electrons. The number of rotatable bonds is 5. The van der Waals surface area contributed by atoms with Crippen LogP contribution in [0.15, 0.2) is 18.2 Å².